The Morgan fingerprint density at radius 1 is 1.43 bits per heavy atom. The van der Waals surface area contributed by atoms with Gasteiger partial charge in [-0.3, -0.25) is 4.98 Å². The average molecular weight is 192 g/mol. The van der Waals surface area contributed by atoms with E-state index in [4.69, 9.17) is 5.73 Å². The van der Waals surface area contributed by atoms with E-state index in [1.54, 1.807) is 0 Å². The molecule has 0 spiro atoms. The molecule has 1 fully saturated rings. The lowest BCUT2D eigenvalue weighted by atomic mass is 10.1. The first kappa shape index (κ1) is 11.2. The van der Waals surface area contributed by atoms with Crippen molar-refractivity contribution in [1.29, 1.82) is 0 Å². The number of pyridine rings is 1. The Kier molecular flexibility index (Phi) is 4.08. The predicted octanol–water partition coefficient (Wildman–Crippen LogP) is 2.48. The Hall–Kier alpha value is -0.890. The molecule has 1 aromatic rings. The fourth-order valence-corrected chi connectivity index (χ4v) is 1.46. The quantitative estimate of drug-likeness (QED) is 0.782. The molecule has 0 radical (unpaired) electrons. The summed E-state index contributed by atoms with van der Waals surface area (Å²) < 4.78 is 0. The summed E-state index contributed by atoms with van der Waals surface area (Å²) in [4.78, 5) is 4.34. The van der Waals surface area contributed by atoms with Crippen molar-refractivity contribution in [1.82, 2.24) is 4.98 Å². The van der Waals surface area contributed by atoms with Crippen LogP contribution in [-0.2, 0) is 6.42 Å². The van der Waals surface area contributed by atoms with Gasteiger partial charge in [0.15, 0.2) is 0 Å². The second-order valence-electron chi connectivity index (χ2n) is 3.44. The molecule has 78 valence electrons. The summed E-state index contributed by atoms with van der Waals surface area (Å²) >= 11 is 0. The highest BCUT2D eigenvalue weighted by Gasteiger charge is 2.34. The summed E-state index contributed by atoms with van der Waals surface area (Å²) in [7, 11) is 0. The first-order valence-electron chi connectivity index (χ1n) is 5.51. The van der Waals surface area contributed by atoms with E-state index in [9.17, 15) is 0 Å². The minimum atomic E-state index is 0.388. The third-order valence-electron chi connectivity index (χ3n) is 2.48. The van der Waals surface area contributed by atoms with Crippen LogP contribution in [0.15, 0.2) is 18.3 Å². The molecule has 2 N–H and O–H groups in total. The lowest BCUT2D eigenvalue weighted by Crippen LogP contribution is -2.01. The van der Waals surface area contributed by atoms with Gasteiger partial charge in [0.25, 0.3) is 0 Å². The maximum Gasteiger partial charge on any atom is 0.0401 e. The van der Waals surface area contributed by atoms with Crippen molar-refractivity contribution in [3.8, 4) is 0 Å². The molecule has 0 bridgehead atoms. The third kappa shape index (κ3) is 2.55. The van der Waals surface area contributed by atoms with Crippen molar-refractivity contribution in [2.75, 3.05) is 0 Å². The molecule has 2 nitrogen and oxygen atoms in total. The smallest absolute Gasteiger partial charge is 0.0401 e. The molecule has 1 aliphatic rings. The van der Waals surface area contributed by atoms with Crippen LogP contribution >= 0.6 is 0 Å². The highest BCUT2D eigenvalue weighted by atomic mass is 14.8. The molecule has 0 amide bonds. The van der Waals surface area contributed by atoms with Gasteiger partial charge in [-0.1, -0.05) is 26.8 Å². The Bertz CT molecular complexity index is 266. The fraction of sp³-hybridized carbons (Fsp3) is 0.583. The zero-order valence-corrected chi connectivity index (χ0v) is 9.33. The molecule has 2 heteroatoms. The largest absolute Gasteiger partial charge is 0.327 e. The van der Waals surface area contributed by atoms with Crippen LogP contribution < -0.4 is 5.73 Å². The van der Waals surface area contributed by atoms with E-state index >= 15 is 0 Å². The van der Waals surface area contributed by atoms with E-state index < -0.39 is 0 Å². The second-order valence-corrected chi connectivity index (χ2v) is 3.44. The van der Waals surface area contributed by atoms with Crippen molar-refractivity contribution in [3.63, 3.8) is 0 Å². The first-order valence-corrected chi connectivity index (χ1v) is 5.51. The lowest BCUT2D eigenvalue weighted by Gasteiger charge is -1.99. The van der Waals surface area contributed by atoms with Gasteiger partial charge in [0.2, 0.25) is 0 Å². The van der Waals surface area contributed by atoms with Crippen LogP contribution in [0.5, 0.6) is 0 Å². The fourth-order valence-electron chi connectivity index (χ4n) is 1.46. The molecule has 1 heterocycles. The second kappa shape index (κ2) is 5.11. The monoisotopic (exact) mass is 192 g/mol. The van der Waals surface area contributed by atoms with Gasteiger partial charge in [0, 0.05) is 23.9 Å². The van der Waals surface area contributed by atoms with Gasteiger partial charge in [-0.2, -0.15) is 0 Å². The highest BCUT2D eigenvalue weighted by Crippen LogP contribution is 2.38. The van der Waals surface area contributed by atoms with E-state index in [0.29, 0.717) is 12.0 Å². The van der Waals surface area contributed by atoms with Crippen molar-refractivity contribution >= 4 is 0 Å². The summed E-state index contributed by atoms with van der Waals surface area (Å²) in [5, 5.41) is 0. The van der Waals surface area contributed by atoms with Crippen LogP contribution in [0.25, 0.3) is 0 Å². The SMILES string of the molecule is CC.CCc1ccc([C@H]2C[C@@H]2N)cn1. The standard InChI is InChI=1S/C10H14N2.C2H6/c1-2-8-4-3-7(6-12-8)9-5-10(9)11;1-2/h3-4,6,9-10H,2,5,11H2,1H3;1-2H3/t9-,10+;/m1./s1. The third-order valence-corrected chi connectivity index (χ3v) is 2.48. The molecule has 1 saturated carbocycles. The highest BCUT2D eigenvalue weighted by molar-refractivity contribution is 5.26. The van der Waals surface area contributed by atoms with E-state index in [1.165, 1.54) is 5.56 Å². The molecule has 0 unspecified atom stereocenters. The molecule has 0 aromatic carbocycles. The van der Waals surface area contributed by atoms with Crippen LogP contribution in [0.2, 0.25) is 0 Å². The Labute approximate surface area is 86.5 Å². The molecular weight excluding hydrogens is 172 g/mol. The summed E-state index contributed by atoms with van der Waals surface area (Å²) in [6, 6.07) is 4.64. The summed E-state index contributed by atoms with van der Waals surface area (Å²) in [5.74, 6) is 0.586. The molecule has 1 aliphatic carbocycles. The van der Waals surface area contributed by atoms with Crippen LogP contribution in [0, 0.1) is 0 Å². The number of nitrogens with zero attached hydrogens (tertiary/aromatic N) is 1. The van der Waals surface area contributed by atoms with Gasteiger partial charge >= 0.3 is 0 Å². The number of hydrogen-bond donors (Lipinski definition) is 1. The van der Waals surface area contributed by atoms with E-state index in [1.807, 2.05) is 20.0 Å². The molecule has 2 atom stereocenters. The molecule has 0 saturated heterocycles. The van der Waals surface area contributed by atoms with Crippen molar-refractivity contribution in [2.24, 2.45) is 5.73 Å². The zero-order valence-electron chi connectivity index (χ0n) is 9.33. The van der Waals surface area contributed by atoms with Crippen LogP contribution in [0.1, 0.15) is 44.4 Å². The topological polar surface area (TPSA) is 38.9 Å². The Morgan fingerprint density at radius 2 is 2.07 bits per heavy atom. The molecule has 2 rings (SSSR count). The average Bonchev–Trinajstić information content (AvgIpc) is 2.99. The van der Waals surface area contributed by atoms with Gasteiger partial charge in [-0.15, -0.1) is 0 Å². The van der Waals surface area contributed by atoms with Gasteiger partial charge < -0.3 is 5.73 Å². The maximum atomic E-state index is 5.74. The molecule has 1 aromatic heterocycles. The van der Waals surface area contributed by atoms with E-state index in [0.717, 1.165) is 18.5 Å². The van der Waals surface area contributed by atoms with Crippen molar-refractivity contribution in [2.45, 2.75) is 45.6 Å². The number of hydrogen-bond acceptors (Lipinski definition) is 2. The van der Waals surface area contributed by atoms with Gasteiger partial charge in [-0.05, 0) is 24.5 Å². The minimum Gasteiger partial charge on any atom is -0.327 e. The number of nitrogens with two attached hydrogens (primary N) is 1. The molecule has 14 heavy (non-hydrogen) atoms. The molecule has 0 aliphatic heterocycles. The molecular formula is C12H20N2. The number of aryl methyl sites for hydroxylation is 1. The van der Waals surface area contributed by atoms with Crippen LogP contribution in [-0.4, -0.2) is 11.0 Å². The van der Waals surface area contributed by atoms with Crippen molar-refractivity contribution in [3.05, 3.63) is 29.6 Å². The van der Waals surface area contributed by atoms with Crippen LogP contribution in [0.4, 0.5) is 0 Å². The Balaban J connectivity index is 0.000000461. The summed E-state index contributed by atoms with van der Waals surface area (Å²) in [5.41, 5.74) is 8.21. The van der Waals surface area contributed by atoms with E-state index in [-0.39, 0.29) is 0 Å². The summed E-state index contributed by atoms with van der Waals surface area (Å²) in [6.45, 7) is 6.12. The first-order chi connectivity index (χ1) is 6.81. The Morgan fingerprint density at radius 3 is 2.43 bits per heavy atom. The van der Waals surface area contributed by atoms with E-state index in [2.05, 4.69) is 24.0 Å². The lowest BCUT2D eigenvalue weighted by molar-refractivity contribution is 0.959. The maximum absolute atomic E-state index is 5.74. The minimum absolute atomic E-state index is 0.388. The van der Waals surface area contributed by atoms with Crippen molar-refractivity contribution < 1.29 is 0 Å². The number of rotatable bonds is 2. The van der Waals surface area contributed by atoms with Gasteiger partial charge in [0.05, 0.1) is 0 Å². The van der Waals surface area contributed by atoms with Gasteiger partial charge in [0.1, 0.15) is 0 Å². The summed E-state index contributed by atoms with van der Waals surface area (Å²) in [6.07, 6.45) is 4.11. The predicted molar refractivity (Wildman–Crippen MR) is 60.3 cm³/mol. The van der Waals surface area contributed by atoms with Crippen LogP contribution in [0.3, 0.4) is 0 Å². The van der Waals surface area contributed by atoms with Gasteiger partial charge in [-0.25, -0.2) is 0 Å². The zero-order chi connectivity index (χ0) is 10.6. The normalized spacial score (nSPS) is 23.7. The number of aromatic nitrogens is 1.